The topological polar surface area (TPSA) is 56.5 Å². The molecule has 0 spiro atoms. The Morgan fingerprint density at radius 1 is 0.510 bits per heavy atom. The lowest BCUT2D eigenvalue weighted by Crippen LogP contribution is -2.03. The Balaban J connectivity index is 1.29. The number of benzene rings is 6. The van der Waals surface area contributed by atoms with Crippen LogP contribution in [0.5, 0.6) is 0 Å². The van der Waals surface area contributed by atoms with E-state index in [1.54, 1.807) is 17.7 Å². The highest BCUT2D eigenvalue weighted by molar-refractivity contribution is 7.30. The Labute approximate surface area is 287 Å². The first-order valence-electron chi connectivity index (χ1n) is 16.1. The molecule has 5 nitrogen and oxygen atoms in total. The second-order valence-electron chi connectivity index (χ2n) is 12.3. The molecular weight excluding hydrogens is 639 g/mol. The molecule has 0 N–H and O–H groups in total. The number of rotatable bonds is 3. The Morgan fingerprint density at radius 3 is 2.08 bits per heavy atom. The first kappa shape index (κ1) is 27.0. The van der Waals surface area contributed by atoms with E-state index in [2.05, 4.69) is 131 Å². The fourth-order valence-corrected chi connectivity index (χ4v) is 9.95. The van der Waals surface area contributed by atoms with Crippen molar-refractivity contribution in [1.29, 1.82) is 0 Å². The normalized spacial score (nSPS) is 12.1. The number of thiophene rings is 2. The fourth-order valence-electron chi connectivity index (χ4n) is 7.45. The van der Waals surface area contributed by atoms with Crippen LogP contribution in [-0.2, 0) is 0 Å². The van der Waals surface area contributed by atoms with Crippen molar-refractivity contribution in [2.75, 3.05) is 0 Å². The van der Waals surface area contributed by atoms with E-state index in [0.29, 0.717) is 5.95 Å². The molecule has 0 aliphatic heterocycles. The van der Waals surface area contributed by atoms with Gasteiger partial charge in [0.1, 0.15) is 6.33 Å². The van der Waals surface area contributed by atoms with Gasteiger partial charge in [-0.3, -0.25) is 4.57 Å². The zero-order chi connectivity index (χ0) is 32.1. The van der Waals surface area contributed by atoms with Crippen LogP contribution >= 0.6 is 22.7 Å². The molecule has 49 heavy (non-hydrogen) atoms. The fraction of sp³-hybridized carbons (Fsp3) is 0. The van der Waals surface area contributed by atoms with Crippen molar-refractivity contribution in [1.82, 2.24) is 24.5 Å². The Hall–Kier alpha value is -6.02. The molecule has 11 aromatic rings. The highest BCUT2D eigenvalue weighted by Gasteiger charge is 2.26. The molecule has 0 saturated heterocycles. The molecule has 5 aromatic heterocycles. The van der Waals surface area contributed by atoms with Gasteiger partial charge >= 0.3 is 0 Å². The molecule has 228 valence electrons. The summed E-state index contributed by atoms with van der Waals surface area (Å²) in [5, 5.41) is 7.11. The second-order valence-corrected chi connectivity index (χ2v) is 14.4. The molecule has 0 aliphatic carbocycles. The van der Waals surface area contributed by atoms with E-state index in [0.717, 1.165) is 43.4 Å². The van der Waals surface area contributed by atoms with Crippen molar-refractivity contribution >= 4 is 95.9 Å². The van der Waals surface area contributed by atoms with E-state index in [1.165, 1.54) is 52.2 Å². The van der Waals surface area contributed by atoms with Gasteiger partial charge in [0.2, 0.25) is 5.95 Å². The molecule has 0 fully saturated rings. The van der Waals surface area contributed by atoms with Gasteiger partial charge in [-0.15, -0.1) is 22.7 Å². The van der Waals surface area contributed by atoms with Gasteiger partial charge in [0, 0.05) is 53.5 Å². The van der Waals surface area contributed by atoms with Crippen molar-refractivity contribution in [3.63, 3.8) is 0 Å². The third-order valence-electron chi connectivity index (χ3n) is 9.57. The number of hydrogen-bond acceptors (Lipinski definition) is 6. The Morgan fingerprint density at radius 2 is 1.20 bits per heavy atom. The van der Waals surface area contributed by atoms with Gasteiger partial charge in [-0.2, -0.15) is 0 Å². The maximum Gasteiger partial charge on any atom is 0.235 e. The summed E-state index contributed by atoms with van der Waals surface area (Å²) in [5.41, 5.74) is 8.40. The quantitative estimate of drug-likeness (QED) is 0.189. The van der Waals surface area contributed by atoms with Gasteiger partial charge in [-0.05, 0) is 29.3 Å². The number of aromatic nitrogens is 5. The molecule has 0 amide bonds. The van der Waals surface area contributed by atoms with Crippen LogP contribution in [-0.4, -0.2) is 24.5 Å². The zero-order valence-corrected chi connectivity index (χ0v) is 27.5. The molecule has 5 heterocycles. The van der Waals surface area contributed by atoms with Gasteiger partial charge in [0.05, 0.1) is 37.2 Å². The summed E-state index contributed by atoms with van der Waals surface area (Å²) >= 11 is 3.59. The molecule has 0 radical (unpaired) electrons. The number of fused-ring (bicyclic) bond motifs is 13. The summed E-state index contributed by atoms with van der Waals surface area (Å²) in [7, 11) is 0. The smallest absolute Gasteiger partial charge is 0.235 e. The van der Waals surface area contributed by atoms with Gasteiger partial charge in [-0.25, -0.2) is 19.9 Å². The van der Waals surface area contributed by atoms with Crippen molar-refractivity contribution in [3.8, 4) is 28.3 Å². The standard InChI is InChI=1S/C42H23N5S2/c1-2-10-24(11-3-1)25-18-20-26(21-19-25)37-27-12-4-7-15-30(27)45-42(46-37)47-31-16-8-5-13-28(31)34-35-29-14-6-9-17-32(29)48-40(35)36-38-33(22-43-23-44-38)49-41(36)39(34)47/h1-23H. The lowest BCUT2D eigenvalue weighted by atomic mass is 10.0. The average Bonchev–Trinajstić information content (AvgIpc) is 3.85. The van der Waals surface area contributed by atoms with Crippen LogP contribution in [0.3, 0.4) is 0 Å². The number of para-hydroxylation sites is 2. The van der Waals surface area contributed by atoms with Gasteiger partial charge in [-0.1, -0.05) is 109 Å². The van der Waals surface area contributed by atoms with Crippen LogP contribution in [0.25, 0.3) is 102 Å². The van der Waals surface area contributed by atoms with E-state index in [9.17, 15) is 0 Å². The maximum atomic E-state index is 5.44. The maximum absolute atomic E-state index is 5.44. The first-order valence-corrected chi connectivity index (χ1v) is 17.8. The minimum absolute atomic E-state index is 0.649. The molecule has 7 heteroatoms. The molecule has 0 atom stereocenters. The summed E-state index contributed by atoms with van der Waals surface area (Å²) in [6.45, 7) is 0. The average molecular weight is 662 g/mol. The molecule has 0 saturated carbocycles. The van der Waals surface area contributed by atoms with Crippen LogP contribution < -0.4 is 0 Å². The lowest BCUT2D eigenvalue weighted by Gasteiger charge is -2.12. The predicted molar refractivity (Wildman–Crippen MR) is 206 cm³/mol. The minimum Gasteiger partial charge on any atom is -0.276 e. The van der Waals surface area contributed by atoms with E-state index >= 15 is 0 Å². The monoisotopic (exact) mass is 661 g/mol. The highest BCUT2D eigenvalue weighted by atomic mass is 32.1. The number of nitrogens with zero attached hydrogens (tertiary/aromatic N) is 5. The Bertz CT molecular complexity index is 3100. The van der Waals surface area contributed by atoms with Crippen molar-refractivity contribution < 1.29 is 0 Å². The van der Waals surface area contributed by atoms with Crippen LogP contribution in [0, 0.1) is 0 Å². The highest BCUT2D eigenvalue weighted by Crippen LogP contribution is 2.51. The molecule has 6 aromatic carbocycles. The molecule has 0 bridgehead atoms. The van der Waals surface area contributed by atoms with E-state index < -0.39 is 0 Å². The van der Waals surface area contributed by atoms with Crippen LogP contribution in [0.1, 0.15) is 0 Å². The van der Waals surface area contributed by atoms with E-state index in [1.807, 2.05) is 23.6 Å². The SMILES string of the molecule is c1ccc(-c2ccc(-c3nc(-n4c5ccccc5c5c6c7ccccc7sc6c6c7ncncc7sc6c54)nc4ccccc34)cc2)cc1. The molecule has 0 unspecified atom stereocenters. The van der Waals surface area contributed by atoms with Crippen LogP contribution in [0.4, 0.5) is 0 Å². The summed E-state index contributed by atoms with van der Waals surface area (Å²) < 4.78 is 7.05. The molecular formula is C42H23N5S2. The van der Waals surface area contributed by atoms with Crippen molar-refractivity contribution in [2.24, 2.45) is 0 Å². The molecule has 0 aliphatic rings. The summed E-state index contributed by atoms with van der Waals surface area (Å²) in [4.78, 5) is 20.0. The van der Waals surface area contributed by atoms with E-state index in [-0.39, 0.29) is 0 Å². The van der Waals surface area contributed by atoms with Gasteiger partial charge in [0.15, 0.2) is 0 Å². The largest absolute Gasteiger partial charge is 0.276 e. The molecule has 11 rings (SSSR count). The summed E-state index contributed by atoms with van der Waals surface area (Å²) in [6.07, 6.45) is 3.60. The van der Waals surface area contributed by atoms with Crippen molar-refractivity contribution in [2.45, 2.75) is 0 Å². The van der Waals surface area contributed by atoms with E-state index in [4.69, 9.17) is 15.0 Å². The number of hydrogen-bond donors (Lipinski definition) is 0. The second kappa shape index (κ2) is 10.2. The predicted octanol–water partition coefficient (Wildman–Crippen LogP) is 11.6. The third kappa shape index (κ3) is 3.85. The van der Waals surface area contributed by atoms with Crippen molar-refractivity contribution in [3.05, 3.63) is 140 Å². The lowest BCUT2D eigenvalue weighted by molar-refractivity contribution is 1.02. The Kier molecular flexibility index (Phi) is 5.64. The summed E-state index contributed by atoms with van der Waals surface area (Å²) in [6, 6.07) is 44.9. The first-order chi connectivity index (χ1) is 24.3. The third-order valence-corrected chi connectivity index (χ3v) is 11.9. The zero-order valence-electron chi connectivity index (χ0n) is 25.8. The minimum atomic E-state index is 0.649. The van der Waals surface area contributed by atoms with Gasteiger partial charge in [0.25, 0.3) is 0 Å². The van der Waals surface area contributed by atoms with Crippen LogP contribution in [0.15, 0.2) is 140 Å². The van der Waals surface area contributed by atoms with Gasteiger partial charge < -0.3 is 0 Å². The summed E-state index contributed by atoms with van der Waals surface area (Å²) in [5.74, 6) is 0.649. The van der Waals surface area contributed by atoms with Crippen LogP contribution in [0.2, 0.25) is 0 Å².